The molecule has 0 spiro atoms. The first-order valence-corrected chi connectivity index (χ1v) is 7.51. The van der Waals surface area contributed by atoms with E-state index in [1.807, 2.05) is 4.90 Å². The van der Waals surface area contributed by atoms with Crippen LogP contribution in [-0.4, -0.2) is 38.7 Å². The van der Waals surface area contributed by atoms with Crippen LogP contribution in [0.1, 0.15) is 32.1 Å². The number of anilines is 1. The van der Waals surface area contributed by atoms with Crippen molar-refractivity contribution >= 4 is 23.1 Å². The third kappa shape index (κ3) is 2.55. The second-order valence-electron chi connectivity index (χ2n) is 5.84. The molecule has 0 aromatic carbocycles. The van der Waals surface area contributed by atoms with Gasteiger partial charge in [-0.1, -0.05) is 24.4 Å². The highest BCUT2D eigenvalue weighted by atomic mass is 35.5. The summed E-state index contributed by atoms with van der Waals surface area (Å²) in [6.45, 7) is 1.12. The first-order valence-electron chi connectivity index (χ1n) is 7.13. The van der Waals surface area contributed by atoms with E-state index in [2.05, 4.69) is 9.97 Å². The number of aromatic nitrogens is 2. The molecule has 0 bridgehead atoms. The Bertz CT molecular complexity index is 570. The van der Waals surface area contributed by atoms with Gasteiger partial charge in [0.1, 0.15) is 6.33 Å². The minimum atomic E-state index is -0.625. The SMILES string of the molecule is O=[N+]([O-])c1c(Cl)ncnc1N1CCC2(O)CCCCC2C1. The monoisotopic (exact) mass is 312 g/mol. The maximum absolute atomic E-state index is 11.2. The Balaban J connectivity index is 1.89. The second-order valence-corrected chi connectivity index (χ2v) is 6.19. The summed E-state index contributed by atoms with van der Waals surface area (Å²) in [6.07, 6.45) is 5.75. The number of hydrogen-bond donors (Lipinski definition) is 1. The van der Waals surface area contributed by atoms with Crippen molar-refractivity contribution in [3.8, 4) is 0 Å². The second kappa shape index (κ2) is 5.38. The molecule has 2 aliphatic rings. The van der Waals surface area contributed by atoms with Crippen molar-refractivity contribution in [2.75, 3.05) is 18.0 Å². The van der Waals surface area contributed by atoms with Crippen LogP contribution in [0, 0.1) is 16.0 Å². The van der Waals surface area contributed by atoms with Crippen LogP contribution in [-0.2, 0) is 0 Å². The smallest absolute Gasteiger partial charge is 0.348 e. The lowest BCUT2D eigenvalue weighted by Crippen LogP contribution is -2.53. The Kier molecular flexibility index (Phi) is 3.71. The van der Waals surface area contributed by atoms with Crippen LogP contribution in [0.3, 0.4) is 0 Å². The van der Waals surface area contributed by atoms with Crippen LogP contribution in [0.15, 0.2) is 6.33 Å². The predicted octanol–water partition coefficient (Wildman–Crippen LogP) is 2.17. The van der Waals surface area contributed by atoms with E-state index in [1.54, 1.807) is 0 Å². The summed E-state index contributed by atoms with van der Waals surface area (Å²) in [6, 6.07) is 0. The standard InChI is InChI=1S/C13H17ClN4O3/c14-11-10(18(20)21)12(16-8-15-11)17-6-5-13(19)4-2-1-3-9(13)7-17/h8-9,19H,1-7H2. The summed E-state index contributed by atoms with van der Waals surface area (Å²) in [5, 5.41) is 21.7. The lowest BCUT2D eigenvalue weighted by molar-refractivity contribution is -0.384. The fraction of sp³-hybridized carbons (Fsp3) is 0.692. The molecule has 1 aliphatic carbocycles. The van der Waals surface area contributed by atoms with Crippen LogP contribution in [0.2, 0.25) is 5.15 Å². The first kappa shape index (κ1) is 14.5. The molecule has 114 valence electrons. The van der Waals surface area contributed by atoms with Crippen molar-refractivity contribution in [3.05, 3.63) is 21.6 Å². The molecule has 2 atom stereocenters. The fourth-order valence-corrected chi connectivity index (χ4v) is 3.70. The number of nitrogens with zero attached hydrogens (tertiary/aromatic N) is 4. The van der Waals surface area contributed by atoms with Crippen LogP contribution in [0.25, 0.3) is 0 Å². The average molecular weight is 313 g/mol. The number of aliphatic hydroxyl groups is 1. The lowest BCUT2D eigenvalue weighted by Gasteiger charge is -2.47. The van der Waals surface area contributed by atoms with Crippen molar-refractivity contribution < 1.29 is 10.0 Å². The highest BCUT2D eigenvalue weighted by molar-refractivity contribution is 6.31. The number of rotatable bonds is 2. The van der Waals surface area contributed by atoms with Gasteiger partial charge < -0.3 is 10.0 Å². The van der Waals surface area contributed by atoms with Gasteiger partial charge in [-0.25, -0.2) is 9.97 Å². The van der Waals surface area contributed by atoms with Crippen LogP contribution in [0.5, 0.6) is 0 Å². The van der Waals surface area contributed by atoms with Crippen molar-refractivity contribution in [3.63, 3.8) is 0 Å². The molecule has 1 aromatic heterocycles. The van der Waals surface area contributed by atoms with Gasteiger partial charge in [-0.15, -0.1) is 0 Å². The summed E-state index contributed by atoms with van der Waals surface area (Å²) in [4.78, 5) is 20.3. The first-order chi connectivity index (χ1) is 10.0. The van der Waals surface area contributed by atoms with Crippen molar-refractivity contribution in [2.45, 2.75) is 37.7 Å². The molecule has 1 N–H and O–H groups in total. The molecule has 21 heavy (non-hydrogen) atoms. The Morgan fingerprint density at radius 1 is 1.43 bits per heavy atom. The van der Waals surface area contributed by atoms with Gasteiger partial charge in [0.2, 0.25) is 11.0 Å². The van der Waals surface area contributed by atoms with Crippen molar-refractivity contribution in [1.82, 2.24) is 9.97 Å². The van der Waals surface area contributed by atoms with E-state index in [4.69, 9.17) is 11.6 Å². The number of halogens is 1. The Labute approximate surface area is 127 Å². The van der Waals surface area contributed by atoms with Crippen LogP contribution in [0.4, 0.5) is 11.5 Å². The number of piperidine rings is 1. The summed E-state index contributed by atoms with van der Waals surface area (Å²) < 4.78 is 0. The highest BCUT2D eigenvalue weighted by Gasteiger charge is 2.44. The molecule has 2 fully saturated rings. The van der Waals surface area contributed by atoms with Gasteiger partial charge >= 0.3 is 5.69 Å². The van der Waals surface area contributed by atoms with E-state index in [0.29, 0.717) is 19.5 Å². The van der Waals surface area contributed by atoms with Gasteiger partial charge in [-0.3, -0.25) is 10.1 Å². The minimum absolute atomic E-state index is 0.133. The highest BCUT2D eigenvalue weighted by Crippen LogP contribution is 2.42. The Morgan fingerprint density at radius 3 is 3.00 bits per heavy atom. The average Bonchev–Trinajstić information content (AvgIpc) is 2.45. The molecule has 1 saturated heterocycles. The minimum Gasteiger partial charge on any atom is -0.389 e. The maximum Gasteiger partial charge on any atom is 0.348 e. The van der Waals surface area contributed by atoms with Crippen molar-refractivity contribution in [2.24, 2.45) is 5.92 Å². The molecule has 1 saturated carbocycles. The molecular weight excluding hydrogens is 296 g/mol. The Morgan fingerprint density at radius 2 is 2.24 bits per heavy atom. The Hall–Kier alpha value is -1.47. The third-order valence-electron chi connectivity index (χ3n) is 4.67. The van der Waals surface area contributed by atoms with E-state index < -0.39 is 10.5 Å². The van der Waals surface area contributed by atoms with E-state index in [9.17, 15) is 15.2 Å². The molecule has 2 heterocycles. The predicted molar refractivity (Wildman–Crippen MR) is 77.4 cm³/mol. The molecule has 0 amide bonds. The molecular formula is C13H17ClN4O3. The zero-order chi connectivity index (χ0) is 15.0. The van der Waals surface area contributed by atoms with Gasteiger partial charge in [0.05, 0.1) is 10.5 Å². The summed E-state index contributed by atoms with van der Waals surface area (Å²) in [5.74, 6) is 0.390. The van der Waals surface area contributed by atoms with Gasteiger partial charge in [-0.05, 0) is 19.3 Å². The lowest BCUT2D eigenvalue weighted by atomic mass is 9.71. The quantitative estimate of drug-likeness (QED) is 0.511. The molecule has 1 aromatic rings. The zero-order valence-electron chi connectivity index (χ0n) is 11.5. The van der Waals surface area contributed by atoms with Crippen LogP contribution >= 0.6 is 11.6 Å². The molecule has 7 nitrogen and oxygen atoms in total. The molecule has 0 radical (unpaired) electrons. The fourth-order valence-electron chi connectivity index (χ4n) is 3.50. The van der Waals surface area contributed by atoms with E-state index >= 15 is 0 Å². The zero-order valence-corrected chi connectivity index (χ0v) is 12.3. The summed E-state index contributed by atoms with van der Waals surface area (Å²) in [5.41, 5.74) is -0.874. The third-order valence-corrected chi connectivity index (χ3v) is 4.94. The summed E-state index contributed by atoms with van der Waals surface area (Å²) >= 11 is 5.84. The topological polar surface area (TPSA) is 92.4 Å². The normalized spacial score (nSPS) is 29.0. The van der Waals surface area contributed by atoms with E-state index in [1.165, 1.54) is 6.33 Å². The van der Waals surface area contributed by atoms with Crippen molar-refractivity contribution in [1.29, 1.82) is 0 Å². The van der Waals surface area contributed by atoms with E-state index in [0.717, 1.165) is 25.7 Å². The van der Waals surface area contributed by atoms with Gasteiger partial charge in [0.15, 0.2) is 0 Å². The molecule has 8 heteroatoms. The van der Waals surface area contributed by atoms with Gasteiger partial charge in [0.25, 0.3) is 0 Å². The number of fused-ring (bicyclic) bond motifs is 1. The van der Waals surface area contributed by atoms with Gasteiger partial charge in [0, 0.05) is 19.0 Å². The summed E-state index contributed by atoms with van der Waals surface area (Å²) in [7, 11) is 0. The van der Waals surface area contributed by atoms with Gasteiger partial charge in [-0.2, -0.15) is 0 Å². The number of nitro groups is 1. The van der Waals surface area contributed by atoms with Crippen LogP contribution < -0.4 is 4.90 Å². The molecule has 2 unspecified atom stereocenters. The van der Waals surface area contributed by atoms with E-state index in [-0.39, 0.29) is 22.6 Å². The maximum atomic E-state index is 11.2. The number of hydrogen-bond acceptors (Lipinski definition) is 6. The molecule has 1 aliphatic heterocycles. The largest absolute Gasteiger partial charge is 0.389 e. The molecule has 3 rings (SSSR count).